The molecule has 7 nitrogen and oxygen atoms in total. The molecule has 0 aromatic heterocycles. The Balaban J connectivity index is 1.32. The first-order valence-electron chi connectivity index (χ1n) is 18.0. The molecule has 0 bridgehead atoms. The molecule has 0 radical (unpaired) electrons. The molecule has 0 aliphatic heterocycles. The fraction of sp³-hybridized carbons (Fsp3) is 0.0870. The van der Waals surface area contributed by atoms with Crippen molar-refractivity contribution in [2.24, 2.45) is 0 Å². The molecular weight excluding hydrogens is 757 g/mol. The van der Waals surface area contributed by atoms with Crippen LogP contribution in [-0.2, 0) is 4.57 Å². The van der Waals surface area contributed by atoms with Crippen molar-refractivity contribution in [2.45, 2.75) is 27.7 Å². The van der Waals surface area contributed by atoms with Gasteiger partial charge in [-0.05, 0) is 98.5 Å². The van der Waals surface area contributed by atoms with Crippen LogP contribution in [0.3, 0.4) is 0 Å². The van der Waals surface area contributed by atoms with Crippen LogP contribution in [0.15, 0.2) is 176 Å². The SMILES string of the molecule is Cc1ccccc1OP(Oc1ccccc1C)Oc1ccccc1P(=O)(c1ccccc1)c1ccccc1OP(Oc1ccccc1C)Oc1ccccc1C. The van der Waals surface area contributed by atoms with Crippen LogP contribution in [0.25, 0.3) is 0 Å². The summed E-state index contributed by atoms with van der Waals surface area (Å²) in [4.78, 5) is 0. The van der Waals surface area contributed by atoms with E-state index in [2.05, 4.69) is 0 Å². The minimum atomic E-state index is -3.78. The maximum atomic E-state index is 16.4. The molecule has 7 rings (SSSR count). The third kappa shape index (κ3) is 8.93. The molecule has 282 valence electrons. The minimum absolute atomic E-state index is 0.345. The van der Waals surface area contributed by atoms with Crippen LogP contribution in [0.2, 0.25) is 0 Å². The third-order valence-corrected chi connectivity index (χ3v) is 14.1. The van der Waals surface area contributed by atoms with Gasteiger partial charge in [0.1, 0.15) is 34.5 Å². The van der Waals surface area contributed by atoms with Crippen molar-refractivity contribution >= 4 is 40.3 Å². The number of benzene rings is 7. The Labute approximate surface area is 331 Å². The van der Waals surface area contributed by atoms with Gasteiger partial charge in [-0.1, -0.05) is 127 Å². The molecule has 0 atom stereocenters. The normalized spacial score (nSPS) is 11.2. The van der Waals surface area contributed by atoms with Crippen molar-refractivity contribution in [3.05, 3.63) is 198 Å². The number of aryl methyl sites for hydroxylation is 4. The number of hydrogen-bond donors (Lipinski definition) is 0. The molecule has 7 aromatic rings. The number of rotatable bonds is 15. The predicted octanol–water partition coefficient (Wildman–Crippen LogP) is 12.1. The van der Waals surface area contributed by atoms with Gasteiger partial charge in [0.05, 0.1) is 10.6 Å². The van der Waals surface area contributed by atoms with E-state index in [9.17, 15) is 0 Å². The summed E-state index contributed by atoms with van der Waals surface area (Å²) in [5.74, 6) is 3.15. The summed E-state index contributed by atoms with van der Waals surface area (Å²) in [5, 5.41) is 1.47. The minimum Gasteiger partial charge on any atom is -0.408 e. The van der Waals surface area contributed by atoms with Crippen molar-refractivity contribution in [3.63, 3.8) is 0 Å². The molecule has 0 spiro atoms. The Morgan fingerprint density at radius 2 is 0.571 bits per heavy atom. The van der Waals surface area contributed by atoms with Crippen LogP contribution in [0.1, 0.15) is 22.3 Å². The zero-order valence-corrected chi connectivity index (χ0v) is 34.1. The Morgan fingerprint density at radius 1 is 0.321 bits per heavy atom. The number of para-hydroxylation sites is 6. The van der Waals surface area contributed by atoms with E-state index >= 15 is 4.57 Å². The summed E-state index contributed by atoms with van der Waals surface area (Å²) in [7, 11) is -7.98. The van der Waals surface area contributed by atoms with Crippen molar-refractivity contribution in [1.29, 1.82) is 0 Å². The maximum Gasteiger partial charge on any atom is 0.530 e. The Hall–Kier alpha value is -5.57. The lowest BCUT2D eigenvalue weighted by atomic mass is 10.2. The molecule has 0 aliphatic rings. The van der Waals surface area contributed by atoms with Gasteiger partial charge in [-0.25, -0.2) is 0 Å². The van der Waals surface area contributed by atoms with E-state index in [0.717, 1.165) is 22.3 Å². The summed E-state index contributed by atoms with van der Waals surface area (Å²) in [5.41, 5.74) is 3.68. The van der Waals surface area contributed by atoms with Crippen LogP contribution < -0.4 is 43.1 Å². The second-order valence-electron chi connectivity index (χ2n) is 12.9. The van der Waals surface area contributed by atoms with E-state index in [-0.39, 0.29) is 0 Å². The van der Waals surface area contributed by atoms with Gasteiger partial charge in [-0.15, -0.1) is 0 Å². The monoisotopic (exact) mass is 798 g/mol. The standard InChI is InChI=1S/C46H41O7P3/c1-34-20-8-12-26-39(34)48-54(49-40-27-13-9-21-35(40)2)52-43-30-16-18-32-45(43)56(47,38-24-6-5-7-25-38)46-33-19-17-31-44(46)53-55(50-41-28-14-10-22-36(41)3)51-42-29-15-11-23-37(42)4/h5-33H,1-4H3. The van der Waals surface area contributed by atoms with Gasteiger partial charge in [-0.2, -0.15) is 0 Å². The summed E-state index contributed by atoms with van der Waals surface area (Å²) in [6, 6.07) is 54.7. The Bertz CT molecular complexity index is 2210. The van der Waals surface area contributed by atoms with Gasteiger partial charge >= 0.3 is 17.2 Å². The molecule has 10 heteroatoms. The molecule has 0 saturated heterocycles. The molecule has 0 N–H and O–H groups in total. The van der Waals surface area contributed by atoms with Crippen molar-refractivity contribution < 1.29 is 31.7 Å². The van der Waals surface area contributed by atoms with Crippen molar-refractivity contribution in [2.75, 3.05) is 0 Å². The first kappa shape index (κ1) is 38.7. The van der Waals surface area contributed by atoms with Gasteiger partial charge in [0.25, 0.3) is 0 Å². The molecule has 0 fully saturated rings. The zero-order chi connectivity index (χ0) is 38.9. The molecule has 56 heavy (non-hydrogen) atoms. The van der Waals surface area contributed by atoms with E-state index in [1.807, 2.05) is 191 Å². The second kappa shape index (κ2) is 17.9. The van der Waals surface area contributed by atoms with E-state index in [1.54, 1.807) is 12.1 Å². The lowest BCUT2D eigenvalue weighted by Crippen LogP contribution is -2.27. The summed E-state index contributed by atoms with van der Waals surface area (Å²) in [6.07, 6.45) is 0. The van der Waals surface area contributed by atoms with Gasteiger partial charge in [-0.3, -0.25) is 0 Å². The fourth-order valence-corrected chi connectivity index (χ4v) is 11.2. The third-order valence-electron chi connectivity index (χ3n) is 8.94. The summed E-state index contributed by atoms with van der Waals surface area (Å²) >= 11 is 0. The van der Waals surface area contributed by atoms with Gasteiger partial charge in [0, 0.05) is 5.30 Å². The lowest BCUT2D eigenvalue weighted by Gasteiger charge is -2.27. The van der Waals surface area contributed by atoms with E-state index < -0.39 is 24.3 Å². The van der Waals surface area contributed by atoms with E-state index in [4.69, 9.17) is 27.1 Å². The Morgan fingerprint density at radius 3 is 0.893 bits per heavy atom. The highest BCUT2D eigenvalue weighted by molar-refractivity contribution is 7.85. The first-order valence-corrected chi connectivity index (χ1v) is 21.9. The summed E-state index contributed by atoms with van der Waals surface area (Å²) < 4.78 is 55.7. The van der Waals surface area contributed by atoms with Crippen LogP contribution in [0.5, 0.6) is 34.5 Å². The quantitative estimate of drug-likeness (QED) is 0.0957. The van der Waals surface area contributed by atoms with Gasteiger partial charge < -0.3 is 31.7 Å². The molecule has 0 aliphatic carbocycles. The second-order valence-corrected chi connectivity index (χ2v) is 17.6. The smallest absolute Gasteiger partial charge is 0.408 e. The lowest BCUT2D eigenvalue weighted by molar-refractivity contribution is 0.386. The highest BCUT2D eigenvalue weighted by atomic mass is 31.2. The molecular formula is C46H41O7P3. The van der Waals surface area contributed by atoms with Crippen molar-refractivity contribution in [1.82, 2.24) is 0 Å². The van der Waals surface area contributed by atoms with Crippen LogP contribution >= 0.6 is 24.3 Å². The highest BCUT2D eigenvalue weighted by Gasteiger charge is 2.38. The summed E-state index contributed by atoms with van der Waals surface area (Å²) in [6.45, 7) is 7.86. The van der Waals surface area contributed by atoms with Crippen LogP contribution in [0.4, 0.5) is 0 Å². The van der Waals surface area contributed by atoms with Gasteiger partial charge in [0.15, 0.2) is 7.14 Å². The van der Waals surface area contributed by atoms with Crippen molar-refractivity contribution in [3.8, 4) is 34.5 Å². The van der Waals surface area contributed by atoms with E-state index in [0.29, 0.717) is 50.4 Å². The molecule has 7 aromatic carbocycles. The highest BCUT2D eigenvalue weighted by Crippen LogP contribution is 2.52. The Kier molecular flexibility index (Phi) is 12.4. The maximum absolute atomic E-state index is 16.4. The molecule has 0 amide bonds. The zero-order valence-electron chi connectivity index (χ0n) is 31.4. The largest absolute Gasteiger partial charge is 0.530 e. The average Bonchev–Trinajstić information content (AvgIpc) is 3.22. The first-order chi connectivity index (χ1) is 27.3. The van der Waals surface area contributed by atoms with Crippen LogP contribution in [0, 0.1) is 27.7 Å². The fourth-order valence-electron chi connectivity index (χ4n) is 5.86. The molecule has 0 heterocycles. The number of hydrogen-bond acceptors (Lipinski definition) is 7. The van der Waals surface area contributed by atoms with Crippen LogP contribution in [-0.4, -0.2) is 0 Å². The molecule has 0 unspecified atom stereocenters. The van der Waals surface area contributed by atoms with E-state index in [1.165, 1.54) is 0 Å². The molecule has 0 saturated carbocycles. The predicted molar refractivity (Wildman–Crippen MR) is 228 cm³/mol. The topological polar surface area (TPSA) is 72.5 Å². The van der Waals surface area contributed by atoms with Gasteiger partial charge in [0.2, 0.25) is 0 Å². The average molecular weight is 799 g/mol.